The first-order chi connectivity index (χ1) is 7.58. The fraction of sp³-hybridized carbons (Fsp3) is 0.222. The Balaban J connectivity index is 2.32. The topological polar surface area (TPSA) is 81.5 Å². The van der Waals surface area contributed by atoms with E-state index in [1.54, 1.807) is 12.1 Å². The Hall–Kier alpha value is -1.63. The fourth-order valence-corrected chi connectivity index (χ4v) is 1.84. The van der Waals surface area contributed by atoms with Crippen LogP contribution in [0.5, 0.6) is 0 Å². The van der Waals surface area contributed by atoms with Crippen molar-refractivity contribution in [2.45, 2.75) is 6.10 Å². The largest absolute Gasteiger partial charge is 0.439 e. The van der Waals surface area contributed by atoms with Crippen molar-refractivity contribution >= 4 is 27.7 Å². The number of hydrogen-bond acceptors (Lipinski definition) is 4. The molecule has 1 aliphatic heterocycles. The lowest BCUT2D eigenvalue weighted by Gasteiger charge is -2.07. The minimum absolute atomic E-state index is 0.0413. The van der Waals surface area contributed by atoms with E-state index in [9.17, 15) is 14.9 Å². The summed E-state index contributed by atoms with van der Waals surface area (Å²) < 4.78 is 5.34. The van der Waals surface area contributed by atoms with E-state index in [1.807, 2.05) is 0 Å². The number of nitrogens with zero attached hydrogens (tertiary/aromatic N) is 1. The van der Waals surface area contributed by atoms with E-state index in [-0.39, 0.29) is 5.69 Å². The van der Waals surface area contributed by atoms with Gasteiger partial charge in [-0.15, -0.1) is 0 Å². The molecule has 7 heteroatoms. The lowest BCUT2D eigenvalue weighted by Crippen LogP contribution is -2.12. The lowest BCUT2D eigenvalue weighted by molar-refractivity contribution is -0.385. The molecule has 1 N–H and O–H groups in total. The number of ether oxygens (including phenoxy) is 1. The number of nitro benzene ring substituents is 1. The van der Waals surface area contributed by atoms with Crippen LogP contribution in [0.3, 0.4) is 0 Å². The summed E-state index contributed by atoms with van der Waals surface area (Å²) in [6, 6.07) is 4.65. The number of amides is 1. The number of rotatable bonds is 2. The van der Waals surface area contributed by atoms with E-state index in [1.165, 1.54) is 6.07 Å². The van der Waals surface area contributed by atoms with Gasteiger partial charge >= 0.3 is 6.09 Å². The van der Waals surface area contributed by atoms with Crippen molar-refractivity contribution < 1.29 is 14.5 Å². The second-order valence-electron chi connectivity index (χ2n) is 3.24. The Bertz CT molecular complexity index is 463. The molecule has 1 aromatic carbocycles. The lowest BCUT2D eigenvalue weighted by atomic mass is 10.1. The van der Waals surface area contributed by atoms with E-state index >= 15 is 0 Å². The van der Waals surface area contributed by atoms with Gasteiger partial charge in [0.1, 0.15) is 6.10 Å². The number of alkyl carbamates (subject to hydrolysis) is 1. The van der Waals surface area contributed by atoms with Gasteiger partial charge < -0.3 is 10.1 Å². The molecule has 1 aromatic rings. The van der Waals surface area contributed by atoms with E-state index in [0.717, 1.165) is 0 Å². The molecular formula is C9H7BrN2O4. The molecule has 84 valence electrons. The zero-order valence-electron chi connectivity index (χ0n) is 7.97. The number of halogens is 1. The summed E-state index contributed by atoms with van der Waals surface area (Å²) in [4.78, 5) is 21.1. The van der Waals surface area contributed by atoms with Crippen molar-refractivity contribution in [1.29, 1.82) is 0 Å². The van der Waals surface area contributed by atoms with Crippen LogP contribution in [0, 0.1) is 10.1 Å². The molecule has 1 unspecified atom stereocenters. The smallest absolute Gasteiger partial charge is 0.407 e. The number of nitro groups is 1. The molecule has 0 bridgehead atoms. The molecule has 0 aliphatic carbocycles. The van der Waals surface area contributed by atoms with Crippen molar-refractivity contribution in [1.82, 2.24) is 5.32 Å². The first-order valence-corrected chi connectivity index (χ1v) is 5.25. The molecule has 1 amide bonds. The summed E-state index contributed by atoms with van der Waals surface area (Å²) in [5.74, 6) is 0. The summed E-state index contributed by atoms with van der Waals surface area (Å²) >= 11 is 3.09. The van der Waals surface area contributed by atoms with E-state index in [2.05, 4.69) is 21.2 Å². The zero-order valence-corrected chi connectivity index (χ0v) is 9.56. The minimum Gasteiger partial charge on any atom is -0.439 e. The number of nitrogens with one attached hydrogen (secondary N) is 1. The maximum atomic E-state index is 10.8. The first kappa shape index (κ1) is 10.9. The summed E-state index contributed by atoms with van der Waals surface area (Å²) in [6.45, 7) is 0.331. The molecule has 1 fully saturated rings. The van der Waals surface area contributed by atoms with Crippen LogP contribution in [0.1, 0.15) is 11.7 Å². The Labute approximate surface area is 98.9 Å². The first-order valence-electron chi connectivity index (χ1n) is 4.46. The van der Waals surface area contributed by atoms with Crippen LogP contribution in [0.25, 0.3) is 0 Å². The molecule has 1 aliphatic rings. The van der Waals surface area contributed by atoms with Gasteiger partial charge in [0, 0.05) is 11.6 Å². The average molecular weight is 287 g/mol. The van der Waals surface area contributed by atoms with Gasteiger partial charge in [0.25, 0.3) is 5.69 Å². The molecule has 1 saturated heterocycles. The van der Waals surface area contributed by atoms with Crippen LogP contribution < -0.4 is 5.32 Å². The molecule has 0 radical (unpaired) electrons. The number of cyclic esters (lactones) is 1. The van der Waals surface area contributed by atoms with Crippen LogP contribution in [-0.2, 0) is 4.74 Å². The van der Waals surface area contributed by atoms with Gasteiger partial charge in [0.05, 0.1) is 15.9 Å². The SMILES string of the molecule is O=C1NCC(c2ccc(Br)c([N+](=O)[O-])c2)O1. The monoisotopic (exact) mass is 286 g/mol. The van der Waals surface area contributed by atoms with Crippen LogP contribution in [0.2, 0.25) is 0 Å². The molecule has 16 heavy (non-hydrogen) atoms. The van der Waals surface area contributed by atoms with E-state index in [4.69, 9.17) is 4.74 Å². The standard InChI is InChI=1S/C9H7BrN2O4/c10-6-2-1-5(3-7(6)12(14)15)8-4-11-9(13)16-8/h1-3,8H,4H2,(H,11,13). The van der Waals surface area contributed by atoms with Gasteiger partial charge in [0.2, 0.25) is 0 Å². The maximum absolute atomic E-state index is 10.8. The van der Waals surface area contributed by atoms with Crippen LogP contribution in [0.15, 0.2) is 22.7 Å². The van der Waals surface area contributed by atoms with Gasteiger partial charge in [-0.2, -0.15) is 0 Å². The Morgan fingerprint density at radius 2 is 2.31 bits per heavy atom. The van der Waals surface area contributed by atoms with Gasteiger partial charge in [-0.1, -0.05) is 6.07 Å². The van der Waals surface area contributed by atoms with Crippen molar-refractivity contribution in [3.8, 4) is 0 Å². The molecule has 0 saturated carbocycles. The zero-order chi connectivity index (χ0) is 11.7. The molecular weight excluding hydrogens is 280 g/mol. The molecule has 0 aromatic heterocycles. The summed E-state index contributed by atoms with van der Waals surface area (Å²) in [6.07, 6.45) is -0.963. The normalized spacial score (nSPS) is 19.1. The van der Waals surface area contributed by atoms with Crippen LogP contribution in [0.4, 0.5) is 10.5 Å². The summed E-state index contributed by atoms with van der Waals surface area (Å²) in [5, 5.41) is 13.2. The maximum Gasteiger partial charge on any atom is 0.407 e. The highest BCUT2D eigenvalue weighted by Gasteiger charge is 2.26. The summed E-state index contributed by atoms with van der Waals surface area (Å²) in [7, 11) is 0. The third-order valence-corrected chi connectivity index (χ3v) is 2.89. The van der Waals surface area contributed by atoms with Crippen molar-refractivity contribution in [2.24, 2.45) is 0 Å². The molecule has 6 nitrogen and oxygen atoms in total. The van der Waals surface area contributed by atoms with Gasteiger partial charge in [-0.05, 0) is 22.0 Å². The number of carbonyl (C=O) groups excluding carboxylic acids is 1. The Morgan fingerprint density at radius 3 is 2.88 bits per heavy atom. The van der Waals surface area contributed by atoms with Gasteiger partial charge in [0.15, 0.2) is 0 Å². The number of benzene rings is 1. The second kappa shape index (κ2) is 4.09. The highest BCUT2D eigenvalue weighted by atomic mass is 79.9. The third kappa shape index (κ3) is 1.99. The van der Waals surface area contributed by atoms with Crippen molar-refractivity contribution in [3.05, 3.63) is 38.3 Å². The van der Waals surface area contributed by atoms with E-state index < -0.39 is 17.1 Å². The quantitative estimate of drug-likeness (QED) is 0.667. The fourth-order valence-electron chi connectivity index (χ4n) is 1.44. The molecule has 1 atom stereocenters. The second-order valence-corrected chi connectivity index (χ2v) is 4.10. The van der Waals surface area contributed by atoms with Crippen molar-refractivity contribution in [3.63, 3.8) is 0 Å². The van der Waals surface area contributed by atoms with Crippen molar-refractivity contribution in [2.75, 3.05) is 6.54 Å². The van der Waals surface area contributed by atoms with Gasteiger partial charge in [-0.25, -0.2) is 4.79 Å². The Kier molecular flexibility index (Phi) is 2.78. The number of hydrogen-bond donors (Lipinski definition) is 1. The highest BCUT2D eigenvalue weighted by molar-refractivity contribution is 9.10. The Morgan fingerprint density at radius 1 is 1.56 bits per heavy atom. The third-order valence-electron chi connectivity index (χ3n) is 2.22. The molecule has 1 heterocycles. The summed E-state index contributed by atoms with van der Waals surface area (Å²) in [5.41, 5.74) is 0.564. The molecule has 0 spiro atoms. The highest BCUT2D eigenvalue weighted by Crippen LogP contribution is 2.30. The predicted molar refractivity (Wildman–Crippen MR) is 58.0 cm³/mol. The predicted octanol–water partition coefficient (Wildman–Crippen LogP) is 2.14. The molecule has 2 rings (SSSR count). The van der Waals surface area contributed by atoms with Crippen LogP contribution >= 0.6 is 15.9 Å². The van der Waals surface area contributed by atoms with E-state index in [0.29, 0.717) is 16.6 Å². The number of carbonyl (C=O) groups is 1. The van der Waals surface area contributed by atoms with Crippen LogP contribution in [-0.4, -0.2) is 17.6 Å². The van der Waals surface area contributed by atoms with Gasteiger partial charge in [-0.3, -0.25) is 10.1 Å². The average Bonchev–Trinajstić information content (AvgIpc) is 2.65. The minimum atomic E-state index is -0.504.